The van der Waals surface area contributed by atoms with Gasteiger partial charge in [0.25, 0.3) is 0 Å². The normalized spacial score (nSPS) is 17.0. The molecule has 2 bridgehead atoms. The summed E-state index contributed by atoms with van der Waals surface area (Å²) in [6.45, 7) is 5.38. The van der Waals surface area contributed by atoms with E-state index in [2.05, 4.69) is 70.7 Å². The highest BCUT2D eigenvalue weighted by molar-refractivity contribution is 5.87. The van der Waals surface area contributed by atoms with Gasteiger partial charge in [-0.2, -0.15) is 0 Å². The van der Waals surface area contributed by atoms with E-state index in [1.165, 1.54) is 47.7 Å². The molecule has 2 saturated carbocycles. The van der Waals surface area contributed by atoms with Crippen LogP contribution in [-0.4, -0.2) is 32.3 Å². The third-order valence-electron chi connectivity index (χ3n) is 7.41. The Morgan fingerprint density at radius 2 is 1.57 bits per heavy atom. The number of nitrogens with zero attached hydrogens (tertiary/aromatic N) is 2. The van der Waals surface area contributed by atoms with Crippen molar-refractivity contribution < 1.29 is 14.3 Å². The van der Waals surface area contributed by atoms with E-state index in [9.17, 15) is 4.79 Å². The van der Waals surface area contributed by atoms with Crippen molar-refractivity contribution in [2.45, 2.75) is 45.6 Å². The maximum Gasteiger partial charge on any atom is 0.330 e. The third kappa shape index (κ3) is 9.52. The number of aliphatic imine (C=N–C) groups is 1. The van der Waals surface area contributed by atoms with Crippen LogP contribution in [0.15, 0.2) is 90.4 Å². The Hall–Kier alpha value is -4.21. The lowest BCUT2D eigenvalue weighted by Gasteiger charge is -2.20. The number of carbonyl (C=O) groups excluding carboxylic acids is 2. The molecule has 2 fully saturated rings. The van der Waals surface area contributed by atoms with Gasteiger partial charge in [0.2, 0.25) is 0 Å². The number of hydrogen-bond donors (Lipinski definition) is 0. The molecule has 0 aromatic heterocycles. The predicted molar refractivity (Wildman–Crippen MR) is 167 cm³/mol. The Balaban J connectivity index is 0.000000367. The second-order valence-corrected chi connectivity index (χ2v) is 10.2. The van der Waals surface area contributed by atoms with Crippen LogP contribution >= 0.6 is 0 Å². The fourth-order valence-electron chi connectivity index (χ4n) is 5.33. The summed E-state index contributed by atoms with van der Waals surface area (Å²) < 4.78 is 4.64. The van der Waals surface area contributed by atoms with Crippen LogP contribution in [0, 0.1) is 11.8 Å². The summed E-state index contributed by atoms with van der Waals surface area (Å²) in [6.07, 6.45) is 12.8. The van der Waals surface area contributed by atoms with E-state index in [1.54, 1.807) is 44.4 Å². The Kier molecular flexibility index (Phi) is 12.2. The average molecular weight is 537 g/mol. The molecule has 2 aliphatic rings. The molecule has 3 aromatic rings. The molecule has 40 heavy (non-hydrogen) atoms. The number of hydrogen-bond acceptors (Lipinski definition) is 5. The molecule has 0 N–H and O–H groups in total. The van der Waals surface area contributed by atoms with Crippen molar-refractivity contribution in [2.24, 2.45) is 16.8 Å². The fourth-order valence-corrected chi connectivity index (χ4v) is 5.33. The van der Waals surface area contributed by atoms with Crippen LogP contribution in [0.3, 0.4) is 0 Å². The molecule has 5 heteroatoms. The first-order chi connectivity index (χ1) is 19.4. The minimum absolute atomic E-state index is 0.360. The Bertz CT molecular complexity index is 1290. The van der Waals surface area contributed by atoms with Gasteiger partial charge in [-0.25, -0.2) is 9.59 Å². The lowest BCUT2D eigenvalue weighted by Crippen LogP contribution is -2.16. The number of benzene rings is 3. The molecule has 3 aromatic carbocycles. The van der Waals surface area contributed by atoms with Crippen LogP contribution in [0.4, 0.5) is 11.4 Å². The van der Waals surface area contributed by atoms with E-state index in [-0.39, 0.29) is 5.97 Å². The zero-order chi connectivity index (χ0) is 28.7. The van der Waals surface area contributed by atoms with E-state index in [0.29, 0.717) is 0 Å². The fraction of sp³-hybridized carbons (Fsp3) is 0.314. The molecule has 0 amide bonds. The monoisotopic (exact) mass is 536 g/mol. The van der Waals surface area contributed by atoms with Crippen molar-refractivity contribution in [1.29, 1.82) is 0 Å². The summed E-state index contributed by atoms with van der Waals surface area (Å²) in [7, 11) is 3.43. The topological polar surface area (TPSA) is 59.0 Å². The molecule has 0 unspecified atom stereocenters. The first kappa shape index (κ1) is 30.3. The van der Waals surface area contributed by atoms with Gasteiger partial charge in [-0.05, 0) is 84.4 Å². The van der Waals surface area contributed by atoms with E-state index in [0.717, 1.165) is 23.5 Å². The molecule has 0 atom stereocenters. The van der Waals surface area contributed by atoms with Gasteiger partial charge in [-0.15, -0.1) is 0 Å². The highest BCUT2D eigenvalue weighted by Gasteiger charge is 2.30. The summed E-state index contributed by atoms with van der Waals surface area (Å²) in [5, 5.41) is 0. The van der Waals surface area contributed by atoms with Crippen molar-refractivity contribution in [1.82, 2.24) is 0 Å². The second kappa shape index (κ2) is 16.0. The van der Waals surface area contributed by atoms with Gasteiger partial charge in [-0.1, -0.05) is 74.2 Å². The molecule has 0 aliphatic heterocycles. The van der Waals surface area contributed by atoms with Gasteiger partial charge in [0, 0.05) is 31.6 Å². The van der Waals surface area contributed by atoms with Crippen LogP contribution in [0.5, 0.6) is 0 Å². The van der Waals surface area contributed by atoms with Gasteiger partial charge in [-0.3, -0.25) is 4.99 Å². The zero-order valence-corrected chi connectivity index (χ0v) is 23.9. The van der Waals surface area contributed by atoms with Crippen molar-refractivity contribution in [3.05, 3.63) is 96.6 Å². The molecule has 0 radical (unpaired) electrons. The summed E-state index contributed by atoms with van der Waals surface area (Å²) in [5.41, 5.74) is 6.58. The highest BCUT2D eigenvalue weighted by Crippen LogP contribution is 2.43. The van der Waals surface area contributed by atoms with E-state index in [4.69, 9.17) is 4.79 Å². The van der Waals surface area contributed by atoms with E-state index in [1.807, 2.05) is 37.3 Å². The molecule has 2 aliphatic carbocycles. The lowest BCUT2D eigenvalue weighted by atomic mass is 10.0. The average Bonchev–Trinajstić information content (AvgIpc) is 3.65. The smallest absolute Gasteiger partial charge is 0.330 e. The number of esters is 1. The largest absolute Gasteiger partial charge is 0.466 e. The van der Waals surface area contributed by atoms with Crippen LogP contribution in [0.25, 0.3) is 17.2 Å². The van der Waals surface area contributed by atoms with Gasteiger partial charge in [0.15, 0.2) is 0 Å². The van der Waals surface area contributed by atoms with Gasteiger partial charge in [0.1, 0.15) is 5.94 Å². The van der Waals surface area contributed by atoms with E-state index >= 15 is 0 Å². The molecular formula is C35H40N2O3. The summed E-state index contributed by atoms with van der Waals surface area (Å²) in [5.74, 6) is 3.23. The standard InChI is InChI=1S/C26H26N2O2.C7H12.C2H2O/c1-4-27-24-15-13-23(14-16-24)22-11-8-21(9-12-22)19-28(2)25-7-5-6-20(18-25)10-17-26(29)30-3;1-2-7-4-3-6(1)5-7;1-2-3/h4-18H,19H2,1-3H3;6-7H,1-5H2;1H2/b17-10+,27-4?;;. The number of rotatable bonds is 7. The van der Waals surface area contributed by atoms with Crippen LogP contribution in [-0.2, 0) is 20.9 Å². The Morgan fingerprint density at radius 1 is 1.00 bits per heavy atom. The molecule has 5 nitrogen and oxygen atoms in total. The Morgan fingerprint density at radius 3 is 2.08 bits per heavy atom. The van der Waals surface area contributed by atoms with Crippen molar-refractivity contribution in [2.75, 3.05) is 19.1 Å². The van der Waals surface area contributed by atoms with Gasteiger partial charge >= 0.3 is 5.97 Å². The zero-order valence-electron chi connectivity index (χ0n) is 23.9. The van der Waals surface area contributed by atoms with Crippen LogP contribution in [0.1, 0.15) is 50.2 Å². The molecular weight excluding hydrogens is 496 g/mol. The molecule has 208 valence electrons. The number of methoxy groups -OCH3 is 1. The quantitative estimate of drug-likeness (QED) is 0.132. The summed E-state index contributed by atoms with van der Waals surface area (Å²) in [4.78, 5) is 26.3. The van der Waals surface area contributed by atoms with Crippen LogP contribution < -0.4 is 4.90 Å². The maximum absolute atomic E-state index is 11.3. The van der Waals surface area contributed by atoms with Crippen molar-refractivity contribution >= 4 is 35.6 Å². The predicted octanol–water partition coefficient (Wildman–Crippen LogP) is 8.10. The minimum Gasteiger partial charge on any atom is -0.466 e. The van der Waals surface area contributed by atoms with Crippen LogP contribution in [0.2, 0.25) is 0 Å². The number of fused-ring (bicyclic) bond motifs is 2. The molecule has 0 spiro atoms. The first-order valence-corrected chi connectivity index (χ1v) is 13.8. The van der Waals surface area contributed by atoms with Crippen molar-refractivity contribution in [3.8, 4) is 11.1 Å². The van der Waals surface area contributed by atoms with Gasteiger partial charge in [0.05, 0.1) is 12.8 Å². The molecule has 0 saturated heterocycles. The highest BCUT2D eigenvalue weighted by atomic mass is 16.5. The summed E-state index contributed by atoms with van der Waals surface area (Å²) >= 11 is 0. The van der Waals surface area contributed by atoms with E-state index < -0.39 is 0 Å². The second-order valence-electron chi connectivity index (χ2n) is 10.2. The maximum atomic E-state index is 11.3. The van der Waals surface area contributed by atoms with Gasteiger partial charge < -0.3 is 9.64 Å². The molecule has 0 heterocycles. The Labute approximate surface area is 238 Å². The number of ether oxygens (including phenoxy) is 1. The minimum atomic E-state index is -0.360. The first-order valence-electron chi connectivity index (χ1n) is 13.8. The number of anilines is 1. The molecule has 5 rings (SSSR count). The SMILES string of the molecule is C1CC2CCC1C2.C=C=O.CC=Nc1ccc(-c2ccc(CN(C)c3cccc(/C=C/C(=O)OC)c3)cc2)cc1. The number of carbonyl (C=O) groups is 1. The summed E-state index contributed by atoms with van der Waals surface area (Å²) in [6, 6.07) is 24.9. The van der Waals surface area contributed by atoms with Crippen molar-refractivity contribution in [3.63, 3.8) is 0 Å². The lowest BCUT2D eigenvalue weighted by molar-refractivity contribution is -0.134. The third-order valence-corrected chi connectivity index (χ3v) is 7.41.